The van der Waals surface area contributed by atoms with Gasteiger partial charge in [-0.05, 0) is 29.8 Å². The van der Waals surface area contributed by atoms with Crippen LogP contribution in [0.1, 0.15) is 11.1 Å². The van der Waals surface area contributed by atoms with Crippen LogP contribution >= 0.6 is 0 Å². The lowest BCUT2D eigenvalue weighted by molar-refractivity contribution is -0.136. The Balaban J connectivity index is 2.46. The molecule has 0 aliphatic carbocycles. The molecule has 0 saturated heterocycles. The maximum atomic E-state index is 13.1. The number of hydrogen-bond donors (Lipinski definition) is 0. The zero-order chi connectivity index (χ0) is 20.2. The van der Waals surface area contributed by atoms with Crippen molar-refractivity contribution >= 4 is 11.4 Å². The van der Waals surface area contributed by atoms with Crippen LogP contribution in [-0.4, -0.2) is 19.8 Å². The first-order chi connectivity index (χ1) is 12.5. The van der Waals surface area contributed by atoms with Gasteiger partial charge in [0.15, 0.2) is 5.69 Å². The van der Waals surface area contributed by atoms with Gasteiger partial charge >= 0.3 is 12.4 Å². The highest BCUT2D eigenvalue weighted by atomic mass is 19.4. The van der Waals surface area contributed by atoms with Crippen LogP contribution in [0.3, 0.4) is 0 Å². The van der Waals surface area contributed by atoms with Crippen molar-refractivity contribution in [3.8, 4) is 5.75 Å². The lowest BCUT2D eigenvalue weighted by atomic mass is 10.1. The van der Waals surface area contributed by atoms with Gasteiger partial charge in [0.05, 0.1) is 19.2 Å². The molecule has 27 heavy (non-hydrogen) atoms. The van der Waals surface area contributed by atoms with Crippen LogP contribution in [0.4, 0.5) is 37.7 Å². The molecule has 2 rings (SSSR count). The smallest absolute Gasteiger partial charge is 0.407 e. The third-order valence-electron chi connectivity index (χ3n) is 3.65. The molecule has 9 heteroatoms. The number of alkyl halides is 6. The third kappa shape index (κ3) is 5.54. The van der Waals surface area contributed by atoms with Gasteiger partial charge in [-0.2, -0.15) is 26.3 Å². The van der Waals surface area contributed by atoms with E-state index < -0.39 is 30.1 Å². The summed E-state index contributed by atoms with van der Waals surface area (Å²) < 4.78 is 83.4. The van der Waals surface area contributed by atoms with Gasteiger partial charge in [-0.1, -0.05) is 18.2 Å². The van der Waals surface area contributed by atoms with E-state index in [1.807, 2.05) is 0 Å². The summed E-state index contributed by atoms with van der Waals surface area (Å²) in [4.78, 5) is 3.57. The average molecular weight is 388 g/mol. The van der Waals surface area contributed by atoms with Crippen molar-refractivity contribution in [2.24, 2.45) is 0 Å². The number of hydrogen-bond acceptors (Lipinski definition) is 2. The maximum Gasteiger partial charge on any atom is 0.407 e. The predicted octanol–water partition coefficient (Wildman–Crippen LogP) is 5.83. The van der Waals surface area contributed by atoms with E-state index >= 15 is 0 Å². The van der Waals surface area contributed by atoms with Gasteiger partial charge < -0.3 is 9.64 Å². The van der Waals surface area contributed by atoms with Crippen LogP contribution in [0.5, 0.6) is 5.75 Å². The first-order valence-electron chi connectivity index (χ1n) is 7.57. The molecule has 3 nitrogen and oxygen atoms in total. The van der Waals surface area contributed by atoms with Crippen molar-refractivity contribution in [2.75, 3.05) is 18.6 Å². The van der Waals surface area contributed by atoms with Gasteiger partial charge in [0, 0.05) is 12.2 Å². The summed E-state index contributed by atoms with van der Waals surface area (Å²) in [6, 6.07) is 8.74. The Morgan fingerprint density at radius 2 is 1.74 bits per heavy atom. The zero-order valence-corrected chi connectivity index (χ0v) is 14.0. The zero-order valence-electron chi connectivity index (χ0n) is 14.0. The van der Waals surface area contributed by atoms with Crippen molar-refractivity contribution < 1.29 is 31.1 Å². The van der Waals surface area contributed by atoms with E-state index in [9.17, 15) is 26.3 Å². The molecule has 0 heterocycles. The lowest BCUT2D eigenvalue weighted by Crippen LogP contribution is -2.34. The highest BCUT2D eigenvalue weighted by Crippen LogP contribution is 2.39. The molecule has 0 aliphatic heterocycles. The van der Waals surface area contributed by atoms with Crippen molar-refractivity contribution in [1.29, 1.82) is 0 Å². The van der Waals surface area contributed by atoms with Gasteiger partial charge in [0.1, 0.15) is 12.3 Å². The van der Waals surface area contributed by atoms with E-state index in [1.54, 1.807) is 18.2 Å². The predicted molar refractivity (Wildman–Crippen MR) is 87.8 cm³/mol. The number of rotatable bonds is 5. The van der Waals surface area contributed by atoms with Gasteiger partial charge in [0.2, 0.25) is 0 Å². The molecule has 0 spiro atoms. The topological polar surface area (TPSA) is 16.8 Å². The quantitative estimate of drug-likeness (QED) is 0.473. The highest BCUT2D eigenvalue weighted by Gasteiger charge is 2.35. The van der Waals surface area contributed by atoms with Crippen LogP contribution in [0.2, 0.25) is 0 Å². The third-order valence-corrected chi connectivity index (χ3v) is 3.65. The summed E-state index contributed by atoms with van der Waals surface area (Å²) in [5.41, 5.74) is -1.79. The highest BCUT2D eigenvalue weighted by molar-refractivity contribution is 5.62. The van der Waals surface area contributed by atoms with Crippen molar-refractivity contribution in [3.63, 3.8) is 0 Å². The van der Waals surface area contributed by atoms with Gasteiger partial charge in [0.25, 0.3) is 0 Å². The number of ether oxygens (including phenoxy) is 1. The molecule has 0 N–H and O–H groups in total. The van der Waals surface area contributed by atoms with E-state index in [1.165, 1.54) is 13.2 Å². The summed E-state index contributed by atoms with van der Waals surface area (Å²) in [6.07, 6.45) is -9.48. The van der Waals surface area contributed by atoms with Crippen LogP contribution in [-0.2, 0) is 12.7 Å². The fourth-order valence-corrected chi connectivity index (χ4v) is 2.49. The number of nitrogens with zero attached hydrogens (tertiary/aromatic N) is 2. The molecular weight excluding hydrogens is 374 g/mol. The van der Waals surface area contributed by atoms with Crippen LogP contribution in [0.25, 0.3) is 4.85 Å². The van der Waals surface area contributed by atoms with Gasteiger partial charge in [-0.25, -0.2) is 4.85 Å². The van der Waals surface area contributed by atoms with E-state index in [-0.39, 0.29) is 12.2 Å². The Bertz CT molecular complexity index is 839. The standard InChI is InChI=1S/C18H14F6N2O/c1-25-16-7-6-13(9-15(16)18(22,23)24)26(11-17(19,20)21)10-12-4-3-5-14(8-12)27-2/h3-9H,10-11H2,2H3. The molecule has 0 aliphatic rings. The summed E-state index contributed by atoms with van der Waals surface area (Å²) in [5, 5.41) is 0. The van der Waals surface area contributed by atoms with E-state index in [4.69, 9.17) is 11.3 Å². The summed E-state index contributed by atoms with van der Waals surface area (Å²) >= 11 is 0. The molecule has 0 radical (unpaired) electrons. The second-order valence-electron chi connectivity index (χ2n) is 5.63. The van der Waals surface area contributed by atoms with Gasteiger partial charge in [-0.15, -0.1) is 0 Å². The number of benzene rings is 2. The summed E-state index contributed by atoms with van der Waals surface area (Å²) in [7, 11) is 1.39. The Morgan fingerprint density at radius 3 is 2.30 bits per heavy atom. The molecule has 0 unspecified atom stereocenters. The Hall–Kier alpha value is -2.89. The molecule has 0 saturated carbocycles. The van der Waals surface area contributed by atoms with Crippen LogP contribution < -0.4 is 9.64 Å². The molecule has 0 aromatic heterocycles. The summed E-state index contributed by atoms with van der Waals surface area (Å²) in [5.74, 6) is 0.416. The van der Waals surface area contributed by atoms with E-state index in [0.29, 0.717) is 17.4 Å². The minimum atomic E-state index is -4.85. The molecule has 2 aromatic rings. The lowest BCUT2D eigenvalue weighted by Gasteiger charge is -2.27. The molecule has 144 valence electrons. The monoisotopic (exact) mass is 388 g/mol. The van der Waals surface area contributed by atoms with E-state index in [2.05, 4.69) is 4.85 Å². The van der Waals surface area contributed by atoms with Gasteiger partial charge in [-0.3, -0.25) is 0 Å². The second-order valence-corrected chi connectivity index (χ2v) is 5.63. The Morgan fingerprint density at radius 1 is 1.04 bits per heavy atom. The molecule has 0 bridgehead atoms. The van der Waals surface area contributed by atoms with Crippen LogP contribution in [0, 0.1) is 6.57 Å². The number of methoxy groups -OCH3 is 1. The molecular formula is C18H14F6N2O. The summed E-state index contributed by atoms with van der Waals surface area (Å²) in [6.45, 7) is 5.10. The molecule has 0 atom stereocenters. The molecule has 2 aromatic carbocycles. The number of halogens is 6. The van der Waals surface area contributed by atoms with Crippen molar-refractivity contribution in [1.82, 2.24) is 0 Å². The van der Waals surface area contributed by atoms with Crippen molar-refractivity contribution in [2.45, 2.75) is 18.9 Å². The second kappa shape index (κ2) is 7.78. The minimum Gasteiger partial charge on any atom is -0.497 e. The van der Waals surface area contributed by atoms with E-state index in [0.717, 1.165) is 17.0 Å². The first kappa shape index (κ1) is 20.4. The first-order valence-corrected chi connectivity index (χ1v) is 7.57. The SMILES string of the molecule is [C-]#[N+]c1ccc(N(Cc2cccc(OC)c2)CC(F)(F)F)cc1C(F)(F)F. The Kier molecular flexibility index (Phi) is 5.88. The fraction of sp³-hybridized carbons (Fsp3) is 0.278. The van der Waals surface area contributed by atoms with Crippen LogP contribution in [0.15, 0.2) is 42.5 Å². The largest absolute Gasteiger partial charge is 0.497 e. The minimum absolute atomic E-state index is 0.283. The Labute approximate surface area is 151 Å². The maximum absolute atomic E-state index is 13.1. The number of anilines is 1. The van der Waals surface area contributed by atoms with Crippen molar-refractivity contribution in [3.05, 3.63) is 65.0 Å². The molecule has 0 fully saturated rings. The normalized spacial score (nSPS) is 11.8. The fourth-order valence-electron chi connectivity index (χ4n) is 2.49. The molecule has 0 amide bonds. The average Bonchev–Trinajstić information content (AvgIpc) is 2.59.